The number of hydrogen-bond acceptors (Lipinski definition) is 2. The second-order valence-corrected chi connectivity index (χ2v) is 6.14. The van der Waals surface area contributed by atoms with Gasteiger partial charge in [-0.15, -0.1) is 0 Å². The van der Waals surface area contributed by atoms with Crippen molar-refractivity contribution in [3.63, 3.8) is 0 Å². The van der Waals surface area contributed by atoms with Gasteiger partial charge in [-0.1, -0.05) is 60.3 Å². The third kappa shape index (κ3) is 7.77. The highest BCUT2D eigenvalue weighted by Gasteiger charge is 2.29. The summed E-state index contributed by atoms with van der Waals surface area (Å²) < 4.78 is 6.01. The van der Waals surface area contributed by atoms with E-state index in [2.05, 4.69) is 34.6 Å². The minimum absolute atomic E-state index is 0.138. The maximum atomic E-state index is 6.14. The van der Waals surface area contributed by atoms with Gasteiger partial charge in [0.15, 0.2) is 0 Å². The number of nitrogens with two attached hydrogens (primary N) is 1. The molecule has 104 valence electrons. The van der Waals surface area contributed by atoms with Crippen LogP contribution in [0.3, 0.4) is 0 Å². The number of unbranched alkanes of at least 4 members (excludes halogenated alkanes) is 4. The molecular formula is C15H33NO. The van der Waals surface area contributed by atoms with Crippen LogP contribution < -0.4 is 5.73 Å². The van der Waals surface area contributed by atoms with Crippen molar-refractivity contribution in [2.75, 3.05) is 6.61 Å². The molecule has 0 aromatic heterocycles. The fourth-order valence-electron chi connectivity index (χ4n) is 2.15. The van der Waals surface area contributed by atoms with Crippen LogP contribution in [0.5, 0.6) is 0 Å². The molecule has 0 bridgehead atoms. The van der Waals surface area contributed by atoms with Gasteiger partial charge in [-0.05, 0) is 18.3 Å². The summed E-state index contributed by atoms with van der Waals surface area (Å²) in [6.07, 6.45) is 7.59. The first kappa shape index (κ1) is 16.9. The largest absolute Gasteiger partial charge is 0.376 e. The van der Waals surface area contributed by atoms with E-state index >= 15 is 0 Å². The zero-order valence-corrected chi connectivity index (χ0v) is 12.6. The topological polar surface area (TPSA) is 35.2 Å². The zero-order chi connectivity index (χ0) is 13.3. The molecule has 2 atom stereocenters. The van der Waals surface area contributed by atoms with Crippen LogP contribution in [0.2, 0.25) is 0 Å². The summed E-state index contributed by atoms with van der Waals surface area (Å²) in [5.74, 6) is 0. The van der Waals surface area contributed by atoms with Gasteiger partial charge in [0.25, 0.3) is 0 Å². The maximum absolute atomic E-state index is 6.14. The Hall–Kier alpha value is -0.0800. The second-order valence-electron chi connectivity index (χ2n) is 6.14. The van der Waals surface area contributed by atoms with Crippen LogP contribution in [-0.2, 0) is 4.74 Å². The summed E-state index contributed by atoms with van der Waals surface area (Å²) >= 11 is 0. The molecule has 2 N–H and O–H groups in total. The normalized spacial score (nSPS) is 15.9. The fourth-order valence-corrected chi connectivity index (χ4v) is 2.15. The zero-order valence-electron chi connectivity index (χ0n) is 12.6. The van der Waals surface area contributed by atoms with Crippen molar-refractivity contribution in [1.29, 1.82) is 0 Å². The lowest BCUT2D eigenvalue weighted by Crippen LogP contribution is -2.45. The SMILES string of the molecule is CCCCCCCOC(C(N)CC)C(C)(C)C. The Labute approximate surface area is 108 Å². The molecule has 2 heteroatoms. The number of hydrogen-bond donors (Lipinski definition) is 1. The minimum Gasteiger partial charge on any atom is -0.376 e. The van der Waals surface area contributed by atoms with E-state index in [1.165, 1.54) is 32.1 Å². The molecule has 0 rings (SSSR count). The first-order chi connectivity index (χ1) is 7.93. The molecule has 2 unspecified atom stereocenters. The van der Waals surface area contributed by atoms with Crippen molar-refractivity contribution < 1.29 is 4.74 Å². The van der Waals surface area contributed by atoms with Crippen LogP contribution in [-0.4, -0.2) is 18.8 Å². The Kier molecular flexibility index (Phi) is 8.89. The van der Waals surface area contributed by atoms with E-state index in [4.69, 9.17) is 10.5 Å². The van der Waals surface area contributed by atoms with E-state index in [9.17, 15) is 0 Å². The highest BCUT2D eigenvalue weighted by Crippen LogP contribution is 2.25. The summed E-state index contributed by atoms with van der Waals surface area (Å²) in [6.45, 7) is 11.9. The first-order valence-electron chi connectivity index (χ1n) is 7.30. The van der Waals surface area contributed by atoms with Gasteiger partial charge in [-0.25, -0.2) is 0 Å². The fraction of sp³-hybridized carbons (Fsp3) is 1.00. The number of ether oxygens (including phenoxy) is 1. The lowest BCUT2D eigenvalue weighted by molar-refractivity contribution is -0.0355. The van der Waals surface area contributed by atoms with Gasteiger partial charge in [0.05, 0.1) is 6.10 Å². The van der Waals surface area contributed by atoms with E-state index in [1.807, 2.05) is 0 Å². The summed E-state index contributed by atoms with van der Waals surface area (Å²) in [5.41, 5.74) is 6.28. The monoisotopic (exact) mass is 243 g/mol. The van der Waals surface area contributed by atoms with Gasteiger partial charge in [0, 0.05) is 12.6 Å². The third-order valence-corrected chi connectivity index (χ3v) is 3.26. The summed E-state index contributed by atoms with van der Waals surface area (Å²) in [7, 11) is 0. The molecule has 17 heavy (non-hydrogen) atoms. The lowest BCUT2D eigenvalue weighted by atomic mass is 9.84. The minimum atomic E-state index is 0.138. The van der Waals surface area contributed by atoms with Crippen molar-refractivity contribution in [2.24, 2.45) is 11.1 Å². The van der Waals surface area contributed by atoms with Crippen molar-refractivity contribution in [3.8, 4) is 0 Å². The molecule has 0 saturated heterocycles. The molecule has 2 nitrogen and oxygen atoms in total. The van der Waals surface area contributed by atoms with Crippen LogP contribution in [0.15, 0.2) is 0 Å². The van der Waals surface area contributed by atoms with E-state index in [0.29, 0.717) is 0 Å². The molecule has 0 aliphatic heterocycles. The second kappa shape index (κ2) is 8.93. The summed E-state index contributed by atoms with van der Waals surface area (Å²) in [5, 5.41) is 0. The Bertz CT molecular complexity index is 174. The van der Waals surface area contributed by atoms with Gasteiger partial charge < -0.3 is 10.5 Å². The molecule has 0 aliphatic rings. The molecule has 0 fully saturated rings. The average Bonchev–Trinajstić information content (AvgIpc) is 2.25. The summed E-state index contributed by atoms with van der Waals surface area (Å²) in [6, 6.07) is 0.158. The highest BCUT2D eigenvalue weighted by molar-refractivity contribution is 4.83. The molecular weight excluding hydrogens is 210 g/mol. The van der Waals surface area contributed by atoms with Gasteiger partial charge >= 0.3 is 0 Å². The van der Waals surface area contributed by atoms with Crippen LogP contribution in [0, 0.1) is 5.41 Å². The molecule has 0 saturated carbocycles. The van der Waals surface area contributed by atoms with E-state index < -0.39 is 0 Å². The molecule has 0 aromatic rings. The molecule has 0 heterocycles. The Balaban J connectivity index is 3.86. The highest BCUT2D eigenvalue weighted by atomic mass is 16.5. The van der Waals surface area contributed by atoms with Crippen molar-refractivity contribution in [2.45, 2.75) is 85.3 Å². The van der Waals surface area contributed by atoms with Crippen molar-refractivity contribution in [1.82, 2.24) is 0 Å². The smallest absolute Gasteiger partial charge is 0.0773 e. The maximum Gasteiger partial charge on any atom is 0.0773 e. The molecule has 0 amide bonds. The number of rotatable bonds is 9. The average molecular weight is 243 g/mol. The van der Waals surface area contributed by atoms with E-state index in [0.717, 1.165) is 13.0 Å². The van der Waals surface area contributed by atoms with Crippen LogP contribution in [0.1, 0.15) is 73.1 Å². The Morgan fingerprint density at radius 2 is 1.59 bits per heavy atom. The quantitative estimate of drug-likeness (QED) is 0.618. The standard InChI is InChI=1S/C15H33NO/c1-6-8-9-10-11-12-17-14(13(16)7-2)15(3,4)5/h13-14H,6-12,16H2,1-5H3. The predicted molar refractivity (Wildman–Crippen MR) is 76.2 cm³/mol. The summed E-state index contributed by atoms with van der Waals surface area (Å²) in [4.78, 5) is 0. The van der Waals surface area contributed by atoms with Crippen LogP contribution >= 0.6 is 0 Å². The molecule has 0 radical (unpaired) electrons. The van der Waals surface area contributed by atoms with Crippen molar-refractivity contribution in [3.05, 3.63) is 0 Å². The molecule has 0 aromatic carbocycles. The van der Waals surface area contributed by atoms with E-state index in [-0.39, 0.29) is 17.6 Å². The van der Waals surface area contributed by atoms with Crippen LogP contribution in [0.4, 0.5) is 0 Å². The Morgan fingerprint density at radius 1 is 1.00 bits per heavy atom. The van der Waals surface area contributed by atoms with E-state index in [1.54, 1.807) is 0 Å². The Morgan fingerprint density at radius 3 is 2.06 bits per heavy atom. The lowest BCUT2D eigenvalue weighted by Gasteiger charge is -2.34. The first-order valence-corrected chi connectivity index (χ1v) is 7.30. The van der Waals surface area contributed by atoms with Crippen molar-refractivity contribution >= 4 is 0 Å². The van der Waals surface area contributed by atoms with Gasteiger partial charge in [0.1, 0.15) is 0 Å². The molecule has 0 spiro atoms. The molecule has 0 aliphatic carbocycles. The third-order valence-electron chi connectivity index (χ3n) is 3.26. The van der Waals surface area contributed by atoms with Gasteiger partial charge in [-0.2, -0.15) is 0 Å². The predicted octanol–water partition coefficient (Wildman–Crippen LogP) is 4.13. The van der Waals surface area contributed by atoms with Gasteiger partial charge in [0.2, 0.25) is 0 Å². The van der Waals surface area contributed by atoms with Gasteiger partial charge in [-0.3, -0.25) is 0 Å². The van der Waals surface area contributed by atoms with Crippen LogP contribution in [0.25, 0.3) is 0 Å².